The van der Waals surface area contributed by atoms with Crippen molar-refractivity contribution >= 4 is 5.82 Å². The molecule has 1 heterocycles. The van der Waals surface area contributed by atoms with Gasteiger partial charge in [0.2, 0.25) is 0 Å². The Balaban J connectivity index is 2.15. The van der Waals surface area contributed by atoms with Crippen LogP contribution in [0.1, 0.15) is 25.1 Å². The Morgan fingerprint density at radius 2 is 2.33 bits per heavy atom. The first-order valence-electron chi connectivity index (χ1n) is 5.48. The van der Waals surface area contributed by atoms with Crippen LogP contribution in [0.5, 0.6) is 0 Å². The number of nitrogens with zero attached hydrogens (tertiary/aromatic N) is 3. The quantitative estimate of drug-likeness (QED) is 0.804. The molecule has 15 heavy (non-hydrogen) atoms. The fourth-order valence-corrected chi connectivity index (χ4v) is 1.89. The molecule has 0 atom stereocenters. The third-order valence-electron chi connectivity index (χ3n) is 2.91. The van der Waals surface area contributed by atoms with Crippen molar-refractivity contribution in [1.29, 1.82) is 0 Å². The average molecular weight is 207 g/mol. The first-order valence-corrected chi connectivity index (χ1v) is 5.48. The van der Waals surface area contributed by atoms with E-state index in [-0.39, 0.29) is 6.61 Å². The maximum atomic E-state index is 9.05. The van der Waals surface area contributed by atoms with Gasteiger partial charge in [-0.1, -0.05) is 0 Å². The van der Waals surface area contributed by atoms with E-state index in [1.54, 1.807) is 6.20 Å². The molecule has 0 unspecified atom stereocenters. The van der Waals surface area contributed by atoms with E-state index >= 15 is 0 Å². The summed E-state index contributed by atoms with van der Waals surface area (Å²) < 4.78 is 0. The summed E-state index contributed by atoms with van der Waals surface area (Å²) in [7, 11) is 0. The van der Waals surface area contributed by atoms with Gasteiger partial charge < -0.3 is 10.0 Å². The standard InChI is InChI=1S/C11H17N3O/c1-9-12-6-5-11(13-9)14(7-8-15)10-3-2-4-10/h5-6,10,15H,2-4,7-8H2,1H3. The van der Waals surface area contributed by atoms with Crippen LogP contribution in [-0.4, -0.2) is 34.3 Å². The molecule has 0 spiro atoms. The van der Waals surface area contributed by atoms with E-state index < -0.39 is 0 Å². The highest BCUT2D eigenvalue weighted by Gasteiger charge is 2.25. The lowest BCUT2D eigenvalue weighted by atomic mass is 9.91. The predicted octanol–water partition coefficient (Wildman–Crippen LogP) is 1.14. The van der Waals surface area contributed by atoms with Crippen molar-refractivity contribution in [3.8, 4) is 0 Å². The van der Waals surface area contributed by atoms with Crippen LogP contribution in [0.3, 0.4) is 0 Å². The highest BCUT2D eigenvalue weighted by atomic mass is 16.3. The van der Waals surface area contributed by atoms with Crippen molar-refractivity contribution < 1.29 is 5.11 Å². The maximum Gasteiger partial charge on any atom is 0.132 e. The minimum absolute atomic E-state index is 0.180. The minimum atomic E-state index is 0.180. The van der Waals surface area contributed by atoms with Gasteiger partial charge in [-0.3, -0.25) is 0 Å². The summed E-state index contributed by atoms with van der Waals surface area (Å²) in [5, 5.41) is 9.05. The molecule has 1 aliphatic carbocycles. The SMILES string of the molecule is Cc1nccc(N(CCO)C2CCC2)n1. The Morgan fingerprint density at radius 1 is 1.53 bits per heavy atom. The van der Waals surface area contributed by atoms with Crippen LogP contribution in [0.2, 0.25) is 0 Å². The summed E-state index contributed by atoms with van der Waals surface area (Å²) in [6, 6.07) is 2.48. The lowest BCUT2D eigenvalue weighted by Crippen LogP contribution is -2.42. The molecule has 0 radical (unpaired) electrons. The van der Waals surface area contributed by atoms with Gasteiger partial charge in [0.25, 0.3) is 0 Å². The Kier molecular flexibility index (Phi) is 3.16. The van der Waals surface area contributed by atoms with Gasteiger partial charge in [0.1, 0.15) is 11.6 Å². The Hall–Kier alpha value is -1.16. The molecule has 0 amide bonds. The van der Waals surface area contributed by atoms with Crippen LogP contribution in [0, 0.1) is 6.92 Å². The van der Waals surface area contributed by atoms with Crippen molar-refractivity contribution in [3.05, 3.63) is 18.1 Å². The highest BCUT2D eigenvalue weighted by Crippen LogP contribution is 2.27. The van der Waals surface area contributed by atoms with Crippen LogP contribution < -0.4 is 4.90 Å². The summed E-state index contributed by atoms with van der Waals surface area (Å²) in [5.74, 6) is 1.73. The normalized spacial score (nSPS) is 16.1. The third-order valence-corrected chi connectivity index (χ3v) is 2.91. The van der Waals surface area contributed by atoms with Gasteiger partial charge >= 0.3 is 0 Å². The number of aliphatic hydroxyl groups excluding tert-OH is 1. The second-order valence-corrected chi connectivity index (χ2v) is 3.96. The molecule has 2 rings (SSSR count). The predicted molar refractivity (Wildman–Crippen MR) is 58.8 cm³/mol. The molecule has 1 aliphatic rings. The van der Waals surface area contributed by atoms with E-state index in [1.807, 2.05) is 13.0 Å². The second kappa shape index (κ2) is 4.57. The van der Waals surface area contributed by atoms with Gasteiger partial charge in [-0.15, -0.1) is 0 Å². The second-order valence-electron chi connectivity index (χ2n) is 3.96. The minimum Gasteiger partial charge on any atom is -0.395 e. The van der Waals surface area contributed by atoms with Crippen molar-refractivity contribution in [2.24, 2.45) is 0 Å². The van der Waals surface area contributed by atoms with E-state index in [9.17, 15) is 0 Å². The molecule has 1 N–H and O–H groups in total. The van der Waals surface area contributed by atoms with Crippen LogP contribution in [0.15, 0.2) is 12.3 Å². The van der Waals surface area contributed by atoms with Crippen LogP contribution in [-0.2, 0) is 0 Å². The Bertz CT molecular complexity index is 325. The maximum absolute atomic E-state index is 9.05. The van der Waals surface area contributed by atoms with E-state index in [0.29, 0.717) is 12.6 Å². The van der Waals surface area contributed by atoms with Crippen molar-refractivity contribution in [2.45, 2.75) is 32.2 Å². The molecule has 1 aromatic rings. The molecule has 0 bridgehead atoms. The van der Waals surface area contributed by atoms with Gasteiger partial charge in [0.05, 0.1) is 6.61 Å². The van der Waals surface area contributed by atoms with E-state index in [1.165, 1.54) is 19.3 Å². The van der Waals surface area contributed by atoms with Gasteiger partial charge in [0.15, 0.2) is 0 Å². The molecule has 4 heteroatoms. The molecule has 1 saturated carbocycles. The van der Waals surface area contributed by atoms with Gasteiger partial charge in [-0.2, -0.15) is 0 Å². The molecule has 1 fully saturated rings. The zero-order chi connectivity index (χ0) is 10.7. The summed E-state index contributed by atoms with van der Waals surface area (Å²) in [6.07, 6.45) is 5.49. The Labute approximate surface area is 90.0 Å². The van der Waals surface area contributed by atoms with Crippen molar-refractivity contribution in [1.82, 2.24) is 9.97 Å². The number of anilines is 1. The first-order chi connectivity index (χ1) is 7.31. The van der Waals surface area contributed by atoms with Gasteiger partial charge in [0, 0.05) is 18.8 Å². The number of aryl methyl sites for hydroxylation is 1. The van der Waals surface area contributed by atoms with E-state index in [0.717, 1.165) is 11.6 Å². The lowest BCUT2D eigenvalue weighted by Gasteiger charge is -2.38. The molecular formula is C11H17N3O. The topological polar surface area (TPSA) is 49.2 Å². The van der Waals surface area contributed by atoms with Gasteiger partial charge in [-0.25, -0.2) is 9.97 Å². The van der Waals surface area contributed by atoms with Crippen LogP contribution >= 0.6 is 0 Å². The molecule has 0 aliphatic heterocycles. The average Bonchev–Trinajstić information content (AvgIpc) is 2.14. The van der Waals surface area contributed by atoms with Crippen LogP contribution in [0.4, 0.5) is 5.82 Å². The number of aromatic nitrogens is 2. The summed E-state index contributed by atoms with van der Waals surface area (Å²) in [6.45, 7) is 2.74. The molecule has 4 nitrogen and oxygen atoms in total. The number of rotatable bonds is 4. The molecule has 1 aromatic heterocycles. The summed E-state index contributed by atoms with van der Waals surface area (Å²) in [5.41, 5.74) is 0. The molecule has 82 valence electrons. The number of hydrogen-bond donors (Lipinski definition) is 1. The Morgan fingerprint density at radius 3 is 2.87 bits per heavy atom. The smallest absolute Gasteiger partial charge is 0.132 e. The third kappa shape index (κ3) is 2.26. The largest absolute Gasteiger partial charge is 0.395 e. The molecule has 0 aromatic carbocycles. The number of hydrogen-bond acceptors (Lipinski definition) is 4. The van der Waals surface area contributed by atoms with Crippen LogP contribution in [0.25, 0.3) is 0 Å². The summed E-state index contributed by atoms with van der Waals surface area (Å²) in [4.78, 5) is 10.7. The fourth-order valence-electron chi connectivity index (χ4n) is 1.89. The van der Waals surface area contributed by atoms with E-state index in [4.69, 9.17) is 5.11 Å². The number of aliphatic hydroxyl groups is 1. The summed E-state index contributed by atoms with van der Waals surface area (Å²) >= 11 is 0. The first kappa shape index (κ1) is 10.4. The monoisotopic (exact) mass is 207 g/mol. The fraction of sp³-hybridized carbons (Fsp3) is 0.636. The zero-order valence-electron chi connectivity index (χ0n) is 9.06. The lowest BCUT2D eigenvalue weighted by molar-refractivity contribution is 0.283. The van der Waals surface area contributed by atoms with E-state index in [2.05, 4.69) is 14.9 Å². The van der Waals surface area contributed by atoms with Crippen molar-refractivity contribution in [2.75, 3.05) is 18.1 Å². The zero-order valence-corrected chi connectivity index (χ0v) is 9.06. The molecule has 0 saturated heterocycles. The highest BCUT2D eigenvalue weighted by molar-refractivity contribution is 5.39. The molecular weight excluding hydrogens is 190 g/mol. The van der Waals surface area contributed by atoms with Crippen molar-refractivity contribution in [3.63, 3.8) is 0 Å². The van der Waals surface area contributed by atoms with Gasteiger partial charge in [-0.05, 0) is 32.3 Å².